The molecular formula is C85H76FN7O4+4. The highest BCUT2D eigenvalue weighted by Gasteiger charge is 2.26. The highest BCUT2D eigenvalue weighted by molar-refractivity contribution is 6.12. The molecule has 478 valence electrons. The van der Waals surface area contributed by atoms with Gasteiger partial charge in [0.1, 0.15) is 45.2 Å². The van der Waals surface area contributed by atoms with Crippen molar-refractivity contribution in [3.05, 3.63) is 270 Å². The van der Waals surface area contributed by atoms with Crippen LogP contribution in [0.15, 0.2) is 243 Å². The van der Waals surface area contributed by atoms with Crippen LogP contribution in [0, 0.1) is 53.3 Å². The van der Waals surface area contributed by atoms with Crippen molar-refractivity contribution >= 4 is 88.1 Å². The zero-order valence-corrected chi connectivity index (χ0v) is 56.8. The van der Waals surface area contributed by atoms with Gasteiger partial charge in [0.05, 0.1) is 22.3 Å². The van der Waals surface area contributed by atoms with E-state index >= 15 is 0 Å². The molecule has 0 atom stereocenters. The summed E-state index contributed by atoms with van der Waals surface area (Å²) < 4.78 is 47.3. The lowest BCUT2D eigenvalue weighted by Gasteiger charge is -2.10. The Hall–Kier alpha value is -11.5. The van der Waals surface area contributed by atoms with E-state index in [2.05, 4.69) is 263 Å². The molecule has 0 fully saturated rings. The number of aromatic nitrogens is 7. The van der Waals surface area contributed by atoms with E-state index in [9.17, 15) is 4.39 Å². The van der Waals surface area contributed by atoms with Gasteiger partial charge in [0.25, 0.3) is 0 Å². The van der Waals surface area contributed by atoms with Gasteiger partial charge in [-0.15, -0.1) is 0 Å². The van der Waals surface area contributed by atoms with E-state index in [-0.39, 0.29) is 5.82 Å². The molecule has 6 aromatic carbocycles. The Morgan fingerprint density at radius 2 is 0.804 bits per heavy atom. The van der Waals surface area contributed by atoms with Crippen LogP contribution in [0.5, 0.6) is 0 Å². The first-order chi connectivity index (χ1) is 47.0. The minimum absolute atomic E-state index is 0.129. The molecule has 17 rings (SSSR count). The number of para-hydroxylation sites is 1. The summed E-state index contributed by atoms with van der Waals surface area (Å²) in [6, 6.07) is 61.7. The molecule has 97 heavy (non-hydrogen) atoms. The van der Waals surface area contributed by atoms with Crippen molar-refractivity contribution in [1.29, 1.82) is 0 Å². The summed E-state index contributed by atoms with van der Waals surface area (Å²) in [4.78, 5) is 13.0. The molecule has 0 spiro atoms. The third-order valence-corrected chi connectivity index (χ3v) is 18.4. The molecule has 0 radical (unpaired) electrons. The SMILES string of the molecule is Cc1cc[n+](C)c(-c2c(C)ccc3c2oc2ncccc23)c1.Cc1ccc(-c2c(C)ccc3c2oc2ncccc23)[n+](C)c1.Cc1ccc2c(oc3ccccc32)c1-c1ccc(-c2ccc(F)c(CC(C)C)c2)c[n+]1C.Cc1ccc2c(oc3ncccc32)c1-c1cccc[n+]1C. The molecule has 11 heterocycles. The summed E-state index contributed by atoms with van der Waals surface area (Å²) in [5, 5.41) is 8.79. The van der Waals surface area contributed by atoms with Crippen LogP contribution in [-0.2, 0) is 34.6 Å². The number of aryl methyl sites for hydroxylation is 10. The Morgan fingerprint density at radius 1 is 0.361 bits per heavy atom. The summed E-state index contributed by atoms with van der Waals surface area (Å²) in [6.45, 7) is 16.9. The van der Waals surface area contributed by atoms with Crippen LogP contribution in [0.25, 0.3) is 144 Å². The number of pyridine rings is 7. The second-order valence-corrected chi connectivity index (χ2v) is 25.9. The van der Waals surface area contributed by atoms with Gasteiger partial charge in [0.2, 0.25) is 39.9 Å². The van der Waals surface area contributed by atoms with Gasteiger partial charge >= 0.3 is 0 Å². The van der Waals surface area contributed by atoms with Gasteiger partial charge in [-0.2, -0.15) is 0 Å². The third-order valence-electron chi connectivity index (χ3n) is 18.4. The zero-order chi connectivity index (χ0) is 67.3. The lowest BCUT2D eigenvalue weighted by Crippen LogP contribution is -2.31. The summed E-state index contributed by atoms with van der Waals surface area (Å²) in [5.41, 5.74) is 25.8. The number of benzene rings is 6. The molecule has 0 saturated carbocycles. The number of hydrogen-bond acceptors (Lipinski definition) is 7. The number of furan rings is 4. The largest absolute Gasteiger partial charge is 0.455 e. The molecular weight excluding hydrogens is 1200 g/mol. The summed E-state index contributed by atoms with van der Waals surface area (Å²) in [7, 11) is 8.24. The number of halogens is 1. The van der Waals surface area contributed by atoms with Crippen LogP contribution in [0.1, 0.15) is 52.8 Å². The molecule has 0 N–H and O–H groups in total. The monoisotopic (exact) mass is 1280 g/mol. The fraction of sp³-hybridized carbons (Fsp3) is 0.165. The van der Waals surface area contributed by atoms with E-state index in [1.165, 1.54) is 33.4 Å². The Morgan fingerprint density at radius 3 is 1.32 bits per heavy atom. The number of hydrogen-bond donors (Lipinski definition) is 0. The summed E-state index contributed by atoms with van der Waals surface area (Å²) >= 11 is 0. The first kappa shape index (κ1) is 62.9. The van der Waals surface area contributed by atoms with Crippen molar-refractivity contribution in [2.75, 3.05) is 0 Å². The molecule has 0 bridgehead atoms. The minimum atomic E-state index is -0.129. The fourth-order valence-corrected chi connectivity index (χ4v) is 13.6. The normalized spacial score (nSPS) is 11.5. The maximum atomic E-state index is 14.3. The quantitative estimate of drug-likeness (QED) is 0.146. The lowest BCUT2D eigenvalue weighted by atomic mass is 9.97. The van der Waals surface area contributed by atoms with Gasteiger partial charge in [0, 0.05) is 109 Å². The molecule has 0 unspecified atom stereocenters. The Bertz CT molecular complexity index is 5890. The van der Waals surface area contributed by atoms with Crippen LogP contribution in [-0.4, -0.2) is 15.0 Å². The number of fused-ring (bicyclic) bond motifs is 12. The van der Waals surface area contributed by atoms with Gasteiger partial charge < -0.3 is 17.7 Å². The average Bonchev–Trinajstić information content (AvgIpc) is 1.65. The van der Waals surface area contributed by atoms with Crippen LogP contribution in [0.2, 0.25) is 0 Å². The molecule has 17 aromatic rings. The second kappa shape index (κ2) is 26.0. The van der Waals surface area contributed by atoms with Gasteiger partial charge in [-0.05, 0) is 166 Å². The molecule has 11 nitrogen and oxygen atoms in total. The molecule has 0 amide bonds. The third kappa shape index (κ3) is 11.9. The van der Waals surface area contributed by atoms with Gasteiger partial charge in [0.15, 0.2) is 41.5 Å². The predicted octanol–water partition coefficient (Wildman–Crippen LogP) is 19.4. The van der Waals surface area contributed by atoms with Crippen LogP contribution >= 0.6 is 0 Å². The maximum Gasteiger partial charge on any atom is 0.227 e. The Balaban J connectivity index is 0.000000113. The van der Waals surface area contributed by atoms with Crippen molar-refractivity contribution in [3.63, 3.8) is 0 Å². The Kier molecular flexibility index (Phi) is 16.9. The lowest BCUT2D eigenvalue weighted by molar-refractivity contribution is -0.660. The van der Waals surface area contributed by atoms with Crippen molar-refractivity contribution in [2.45, 2.75) is 61.8 Å². The second-order valence-electron chi connectivity index (χ2n) is 25.9. The van der Waals surface area contributed by atoms with Crippen LogP contribution < -0.4 is 18.3 Å². The fourth-order valence-electron chi connectivity index (χ4n) is 13.6. The zero-order valence-electron chi connectivity index (χ0n) is 56.8. The van der Waals surface area contributed by atoms with E-state index in [1.807, 2.05) is 54.6 Å². The molecule has 11 aromatic heterocycles. The first-order valence-electron chi connectivity index (χ1n) is 32.9. The molecule has 12 heteroatoms. The molecule has 0 aliphatic rings. The van der Waals surface area contributed by atoms with E-state index < -0.39 is 0 Å². The van der Waals surface area contributed by atoms with Crippen molar-refractivity contribution in [3.8, 4) is 56.2 Å². The van der Waals surface area contributed by atoms with Gasteiger partial charge in [-0.3, -0.25) is 0 Å². The molecule has 0 saturated heterocycles. The smallest absolute Gasteiger partial charge is 0.227 e. The summed E-state index contributed by atoms with van der Waals surface area (Å²) in [6.07, 6.45) is 14.4. The van der Waals surface area contributed by atoms with E-state index in [0.29, 0.717) is 23.1 Å². The van der Waals surface area contributed by atoms with Gasteiger partial charge in [-0.25, -0.2) is 37.6 Å². The van der Waals surface area contributed by atoms with Gasteiger partial charge in [-0.1, -0.05) is 86.6 Å². The first-order valence-corrected chi connectivity index (χ1v) is 32.9. The molecule has 0 aliphatic carbocycles. The molecule has 0 aliphatic heterocycles. The van der Waals surface area contributed by atoms with E-state index in [1.54, 1.807) is 24.7 Å². The highest BCUT2D eigenvalue weighted by Crippen LogP contribution is 2.41. The van der Waals surface area contributed by atoms with Crippen LogP contribution in [0.3, 0.4) is 0 Å². The van der Waals surface area contributed by atoms with Crippen LogP contribution in [0.4, 0.5) is 4.39 Å². The topological polar surface area (TPSA) is 107 Å². The van der Waals surface area contributed by atoms with Crippen molar-refractivity contribution in [1.82, 2.24) is 15.0 Å². The Labute approximate surface area is 562 Å². The van der Waals surface area contributed by atoms with Crippen molar-refractivity contribution in [2.24, 2.45) is 34.1 Å². The number of nitrogens with zero attached hydrogens (tertiary/aromatic N) is 7. The van der Waals surface area contributed by atoms with Crippen molar-refractivity contribution < 1.29 is 40.3 Å². The highest BCUT2D eigenvalue weighted by atomic mass is 19.1. The summed E-state index contributed by atoms with van der Waals surface area (Å²) in [5.74, 6) is 0.279. The van der Waals surface area contributed by atoms with E-state index in [0.717, 1.165) is 139 Å². The minimum Gasteiger partial charge on any atom is -0.455 e. The van der Waals surface area contributed by atoms with E-state index in [4.69, 9.17) is 17.7 Å². The average molecular weight is 1280 g/mol. The maximum absolute atomic E-state index is 14.3. The number of rotatable bonds is 7. The standard InChI is InChI=1S/C29H27FNO.2C19H17N2O.C18H15N2O/c1-18(2)15-22-16-20(10-13-25(22)30)21-11-14-26(31(4)17-21)28-19(3)9-12-24-23-7-5-6-8-27(23)32-29(24)28;1-12-6-9-16(21(3)11-12)17-13(2)7-8-14-15-5-4-10-20-19(15)22-18(14)17;1-12-8-10-21(3)16(11-12)17-13(2)6-7-14-15-5-4-9-20-19(15)22-18(14)17;1-12-8-9-13-14-6-5-10-19-18(14)21-17(13)16(12)15-7-3-4-11-20(15)2/h5-14,16-18H,15H2,1-4H3;2*4-11H,1-3H3;3-11H,1-2H3/q4*+1. The predicted molar refractivity (Wildman–Crippen MR) is 387 cm³/mol.